The van der Waals surface area contributed by atoms with E-state index in [-0.39, 0.29) is 17.2 Å². The van der Waals surface area contributed by atoms with Crippen LogP contribution in [0.25, 0.3) is 0 Å². The summed E-state index contributed by atoms with van der Waals surface area (Å²) in [6.07, 6.45) is 4.72. The molecule has 0 aliphatic carbocycles. The van der Waals surface area contributed by atoms with E-state index in [0.29, 0.717) is 31.5 Å². The predicted octanol–water partition coefficient (Wildman–Crippen LogP) is 0.751. The monoisotopic (exact) mass is 278 g/mol. The molecule has 20 heavy (non-hydrogen) atoms. The first-order valence-electron chi connectivity index (χ1n) is 6.83. The molecule has 2 amide bonds. The molecule has 1 saturated heterocycles. The number of piperidine rings is 1. The van der Waals surface area contributed by atoms with E-state index in [1.807, 2.05) is 11.8 Å². The molecule has 1 aliphatic heterocycles. The Morgan fingerprint density at radius 3 is 2.35 bits per heavy atom. The largest absolute Gasteiger partial charge is 0.348 e. The SMILES string of the molecule is CN(C)C(=O)C1(C)CCN(C(=O)c2cnn(C)c2)CC1. The molecule has 1 aromatic rings. The van der Waals surface area contributed by atoms with Crippen molar-refractivity contribution < 1.29 is 9.59 Å². The van der Waals surface area contributed by atoms with E-state index >= 15 is 0 Å². The number of aromatic nitrogens is 2. The van der Waals surface area contributed by atoms with Crippen LogP contribution in [0.1, 0.15) is 30.1 Å². The number of amides is 2. The van der Waals surface area contributed by atoms with E-state index in [1.165, 1.54) is 0 Å². The normalized spacial score (nSPS) is 17.9. The third-order valence-corrected chi connectivity index (χ3v) is 4.03. The second kappa shape index (κ2) is 5.26. The molecule has 0 saturated carbocycles. The van der Waals surface area contributed by atoms with Crippen molar-refractivity contribution in [2.45, 2.75) is 19.8 Å². The molecular formula is C14H22N4O2. The zero-order valence-corrected chi connectivity index (χ0v) is 12.6. The highest BCUT2D eigenvalue weighted by Crippen LogP contribution is 2.32. The van der Waals surface area contributed by atoms with Crippen molar-refractivity contribution in [3.63, 3.8) is 0 Å². The van der Waals surface area contributed by atoms with Crippen LogP contribution < -0.4 is 0 Å². The summed E-state index contributed by atoms with van der Waals surface area (Å²) in [5.41, 5.74) is 0.255. The van der Waals surface area contributed by atoms with Gasteiger partial charge in [-0.05, 0) is 12.8 Å². The maximum atomic E-state index is 12.3. The highest BCUT2D eigenvalue weighted by atomic mass is 16.2. The molecule has 0 N–H and O–H groups in total. The fourth-order valence-electron chi connectivity index (χ4n) is 2.67. The van der Waals surface area contributed by atoms with Crippen molar-refractivity contribution in [2.24, 2.45) is 12.5 Å². The van der Waals surface area contributed by atoms with Crippen LogP contribution in [-0.2, 0) is 11.8 Å². The minimum atomic E-state index is -0.352. The molecule has 6 heteroatoms. The van der Waals surface area contributed by atoms with Crippen LogP contribution in [0.15, 0.2) is 12.4 Å². The van der Waals surface area contributed by atoms with Gasteiger partial charge in [0, 0.05) is 45.8 Å². The Labute approximate surface area is 119 Å². The topological polar surface area (TPSA) is 58.4 Å². The fourth-order valence-corrected chi connectivity index (χ4v) is 2.67. The van der Waals surface area contributed by atoms with Gasteiger partial charge in [0.2, 0.25) is 5.91 Å². The van der Waals surface area contributed by atoms with Gasteiger partial charge < -0.3 is 9.80 Å². The van der Waals surface area contributed by atoms with Crippen molar-refractivity contribution in [3.05, 3.63) is 18.0 Å². The van der Waals surface area contributed by atoms with Crippen LogP contribution in [0.3, 0.4) is 0 Å². The second-order valence-electron chi connectivity index (χ2n) is 5.96. The summed E-state index contributed by atoms with van der Waals surface area (Å²) in [7, 11) is 5.35. The molecule has 0 spiro atoms. The Kier molecular flexibility index (Phi) is 3.83. The molecule has 1 aliphatic rings. The number of hydrogen-bond acceptors (Lipinski definition) is 3. The first kappa shape index (κ1) is 14.6. The van der Waals surface area contributed by atoms with Gasteiger partial charge in [-0.2, -0.15) is 5.10 Å². The molecule has 1 fully saturated rings. The number of aryl methyl sites for hydroxylation is 1. The van der Waals surface area contributed by atoms with Crippen LogP contribution in [0, 0.1) is 5.41 Å². The molecular weight excluding hydrogens is 256 g/mol. The van der Waals surface area contributed by atoms with E-state index in [1.54, 1.807) is 43.1 Å². The molecule has 0 bridgehead atoms. The highest BCUT2D eigenvalue weighted by Gasteiger charge is 2.39. The van der Waals surface area contributed by atoms with Crippen molar-refractivity contribution in [3.8, 4) is 0 Å². The smallest absolute Gasteiger partial charge is 0.257 e. The Hall–Kier alpha value is -1.85. The van der Waals surface area contributed by atoms with Gasteiger partial charge in [0.05, 0.1) is 11.8 Å². The summed E-state index contributed by atoms with van der Waals surface area (Å²) >= 11 is 0. The molecule has 0 unspecified atom stereocenters. The summed E-state index contributed by atoms with van der Waals surface area (Å²) in [4.78, 5) is 27.9. The second-order valence-corrected chi connectivity index (χ2v) is 5.96. The maximum Gasteiger partial charge on any atom is 0.257 e. The van der Waals surface area contributed by atoms with Crippen molar-refractivity contribution in [1.82, 2.24) is 19.6 Å². The van der Waals surface area contributed by atoms with Gasteiger partial charge in [0.25, 0.3) is 5.91 Å². The zero-order valence-electron chi connectivity index (χ0n) is 12.6. The van der Waals surface area contributed by atoms with E-state index in [2.05, 4.69) is 5.10 Å². The van der Waals surface area contributed by atoms with E-state index < -0.39 is 0 Å². The average Bonchev–Trinajstić information content (AvgIpc) is 2.84. The number of hydrogen-bond donors (Lipinski definition) is 0. The van der Waals surface area contributed by atoms with Gasteiger partial charge in [0.15, 0.2) is 0 Å². The van der Waals surface area contributed by atoms with E-state index in [0.717, 1.165) is 0 Å². The number of rotatable bonds is 2. The van der Waals surface area contributed by atoms with Crippen LogP contribution in [0.4, 0.5) is 0 Å². The number of nitrogens with zero attached hydrogens (tertiary/aromatic N) is 4. The molecule has 2 rings (SSSR count). The molecule has 0 aromatic carbocycles. The summed E-state index contributed by atoms with van der Waals surface area (Å²) in [5.74, 6) is 0.142. The average molecular weight is 278 g/mol. The maximum absolute atomic E-state index is 12.3. The molecule has 6 nitrogen and oxygen atoms in total. The third-order valence-electron chi connectivity index (χ3n) is 4.03. The van der Waals surface area contributed by atoms with Gasteiger partial charge in [0.1, 0.15) is 0 Å². The Morgan fingerprint density at radius 2 is 1.90 bits per heavy atom. The highest BCUT2D eigenvalue weighted by molar-refractivity contribution is 5.94. The van der Waals surface area contributed by atoms with Gasteiger partial charge in [-0.3, -0.25) is 14.3 Å². The molecule has 0 atom stereocenters. The van der Waals surface area contributed by atoms with Gasteiger partial charge in [-0.15, -0.1) is 0 Å². The predicted molar refractivity (Wildman–Crippen MR) is 75.1 cm³/mol. The summed E-state index contributed by atoms with van der Waals surface area (Å²) in [5, 5.41) is 4.02. The van der Waals surface area contributed by atoms with Crippen molar-refractivity contribution >= 4 is 11.8 Å². The van der Waals surface area contributed by atoms with Crippen LogP contribution >= 0.6 is 0 Å². The van der Waals surface area contributed by atoms with Gasteiger partial charge in [-0.25, -0.2) is 0 Å². The quantitative estimate of drug-likeness (QED) is 0.802. The Morgan fingerprint density at radius 1 is 1.30 bits per heavy atom. The number of likely N-dealkylation sites (tertiary alicyclic amines) is 1. The molecule has 2 heterocycles. The Balaban J connectivity index is 2.01. The van der Waals surface area contributed by atoms with Gasteiger partial charge >= 0.3 is 0 Å². The minimum absolute atomic E-state index is 0.00236. The lowest BCUT2D eigenvalue weighted by Gasteiger charge is -2.39. The van der Waals surface area contributed by atoms with Gasteiger partial charge in [-0.1, -0.05) is 6.92 Å². The number of carbonyl (C=O) groups excluding carboxylic acids is 2. The lowest BCUT2D eigenvalue weighted by atomic mass is 9.79. The van der Waals surface area contributed by atoms with Crippen LogP contribution in [0.5, 0.6) is 0 Å². The lowest BCUT2D eigenvalue weighted by Crippen LogP contribution is -2.48. The van der Waals surface area contributed by atoms with Crippen LogP contribution in [-0.4, -0.2) is 58.6 Å². The Bertz CT molecular complexity index is 513. The first-order chi connectivity index (χ1) is 9.33. The standard InChI is InChI=1S/C14H22N4O2/c1-14(13(20)16(2)3)5-7-18(8-6-14)12(19)11-9-15-17(4)10-11/h9-10H,5-8H2,1-4H3. The third kappa shape index (κ3) is 2.69. The summed E-state index contributed by atoms with van der Waals surface area (Å²) in [6.45, 7) is 3.22. The minimum Gasteiger partial charge on any atom is -0.348 e. The lowest BCUT2D eigenvalue weighted by molar-refractivity contribution is -0.140. The molecule has 110 valence electrons. The first-order valence-corrected chi connectivity index (χ1v) is 6.83. The molecule has 1 aromatic heterocycles. The summed E-state index contributed by atoms with van der Waals surface area (Å²) < 4.78 is 1.62. The fraction of sp³-hybridized carbons (Fsp3) is 0.643. The number of carbonyl (C=O) groups is 2. The summed E-state index contributed by atoms with van der Waals surface area (Å²) in [6, 6.07) is 0. The van der Waals surface area contributed by atoms with E-state index in [4.69, 9.17) is 0 Å². The molecule has 0 radical (unpaired) electrons. The van der Waals surface area contributed by atoms with Crippen molar-refractivity contribution in [2.75, 3.05) is 27.2 Å². The van der Waals surface area contributed by atoms with Crippen LogP contribution in [0.2, 0.25) is 0 Å². The van der Waals surface area contributed by atoms with E-state index in [9.17, 15) is 9.59 Å². The van der Waals surface area contributed by atoms with Crippen molar-refractivity contribution in [1.29, 1.82) is 0 Å². The zero-order chi connectivity index (χ0) is 14.9.